The van der Waals surface area contributed by atoms with E-state index < -0.39 is 0 Å². The molecule has 3 aromatic rings. The number of hydrogen-bond donors (Lipinski definition) is 3. The number of aromatic amines is 1. The van der Waals surface area contributed by atoms with Crippen molar-refractivity contribution in [1.29, 1.82) is 0 Å². The SMILES string of the molecule is CCNC(=NCc1c(C)nn(C)c1C)NCCc1c[nH]c2cccc(C)c12. The topological polar surface area (TPSA) is 70.0 Å². The lowest BCUT2D eigenvalue weighted by molar-refractivity contribution is 0.730. The van der Waals surface area contributed by atoms with Gasteiger partial charge in [-0.05, 0) is 51.3 Å². The van der Waals surface area contributed by atoms with E-state index in [0.717, 1.165) is 31.2 Å². The Kier molecular flexibility index (Phi) is 5.84. The quantitative estimate of drug-likeness (QED) is 0.464. The minimum atomic E-state index is 0.632. The first kappa shape index (κ1) is 19.0. The molecule has 2 heterocycles. The average molecular weight is 367 g/mol. The molecule has 0 amide bonds. The average Bonchev–Trinajstić information content (AvgIpc) is 3.15. The summed E-state index contributed by atoms with van der Waals surface area (Å²) in [4.78, 5) is 8.12. The number of guanidine groups is 1. The van der Waals surface area contributed by atoms with Crippen LogP contribution in [0.25, 0.3) is 10.9 Å². The minimum Gasteiger partial charge on any atom is -0.361 e. The lowest BCUT2D eigenvalue weighted by atomic mass is 10.1. The van der Waals surface area contributed by atoms with Crippen LogP contribution >= 0.6 is 0 Å². The second-order valence-corrected chi connectivity index (χ2v) is 6.96. The van der Waals surface area contributed by atoms with Gasteiger partial charge in [-0.1, -0.05) is 12.1 Å². The van der Waals surface area contributed by atoms with Gasteiger partial charge in [0.15, 0.2) is 5.96 Å². The summed E-state index contributed by atoms with van der Waals surface area (Å²) in [6.07, 6.45) is 3.06. The fourth-order valence-corrected chi connectivity index (χ4v) is 3.51. The van der Waals surface area contributed by atoms with E-state index in [4.69, 9.17) is 4.99 Å². The second-order valence-electron chi connectivity index (χ2n) is 6.96. The van der Waals surface area contributed by atoms with Crippen molar-refractivity contribution in [2.24, 2.45) is 12.0 Å². The molecule has 2 aromatic heterocycles. The molecule has 1 aromatic carbocycles. The monoisotopic (exact) mass is 366 g/mol. The van der Waals surface area contributed by atoms with Gasteiger partial charge in [0.25, 0.3) is 0 Å². The third-order valence-corrected chi connectivity index (χ3v) is 5.08. The summed E-state index contributed by atoms with van der Waals surface area (Å²) < 4.78 is 1.92. The highest BCUT2D eigenvalue weighted by Gasteiger charge is 2.09. The normalized spacial score (nSPS) is 12.0. The molecule has 0 unspecified atom stereocenters. The second kappa shape index (κ2) is 8.29. The van der Waals surface area contributed by atoms with Crippen LogP contribution in [0.15, 0.2) is 29.4 Å². The van der Waals surface area contributed by atoms with Gasteiger partial charge in [0.2, 0.25) is 0 Å². The van der Waals surface area contributed by atoms with Crippen LogP contribution in [0.4, 0.5) is 0 Å². The summed E-state index contributed by atoms with van der Waals surface area (Å²) in [5, 5.41) is 12.6. The number of H-pyrrole nitrogens is 1. The Bertz CT molecular complexity index is 947. The highest BCUT2D eigenvalue weighted by molar-refractivity contribution is 5.86. The Balaban J connectivity index is 1.66. The van der Waals surface area contributed by atoms with Gasteiger partial charge in [-0.25, -0.2) is 4.99 Å². The molecule has 0 aliphatic rings. The number of aryl methyl sites for hydroxylation is 3. The van der Waals surface area contributed by atoms with Crippen LogP contribution in [-0.4, -0.2) is 33.8 Å². The van der Waals surface area contributed by atoms with Gasteiger partial charge < -0.3 is 15.6 Å². The van der Waals surface area contributed by atoms with Gasteiger partial charge in [-0.15, -0.1) is 0 Å². The fourth-order valence-electron chi connectivity index (χ4n) is 3.51. The van der Waals surface area contributed by atoms with Gasteiger partial charge >= 0.3 is 0 Å². The van der Waals surface area contributed by atoms with Crippen molar-refractivity contribution < 1.29 is 0 Å². The van der Waals surface area contributed by atoms with E-state index in [1.165, 1.54) is 33.3 Å². The highest BCUT2D eigenvalue weighted by Crippen LogP contribution is 2.22. The molecule has 0 aliphatic heterocycles. The van der Waals surface area contributed by atoms with Gasteiger partial charge in [-0.2, -0.15) is 5.10 Å². The number of benzene rings is 1. The third-order valence-electron chi connectivity index (χ3n) is 5.08. The van der Waals surface area contributed by atoms with E-state index in [0.29, 0.717) is 6.54 Å². The molecule has 0 atom stereocenters. The van der Waals surface area contributed by atoms with Crippen molar-refractivity contribution >= 4 is 16.9 Å². The molecule has 0 bridgehead atoms. The zero-order chi connectivity index (χ0) is 19.4. The van der Waals surface area contributed by atoms with Crippen molar-refractivity contribution in [3.8, 4) is 0 Å². The van der Waals surface area contributed by atoms with Gasteiger partial charge in [0.1, 0.15) is 0 Å². The van der Waals surface area contributed by atoms with Crippen molar-refractivity contribution in [3.05, 3.63) is 52.5 Å². The van der Waals surface area contributed by atoms with Gasteiger partial charge in [0, 0.05) is 48.5 Å². The molecular weight excluding hydrogens is 336 g/mol. The van der Waals surface area contributed by atoms with E-state index in [-0.39, 0.29) is 0 Å². The standard InChI is InChI=1S/C21H30N6/c1-6-22-21(25-13-18-15(3)26-27(5)16(18)4)23-11-10-17-12-24-19-9-7-8-14(2)20(17)19/h7-9,12,24H,6,10-11,13H2,1-5H3,(H2,22,23,25). The summed E-state index contributed by atoms with van der Waals surface area (Å²) in [5.41, 5.74) is 7.26. The number of nitrogens with one attached hydrogen (secondary N) is 3. The minimum absolute atomic E-state index is 0.632. The molecule has 6 heteroatoms. The molecular formula is C21H30N6. The molecule has 6 nitrogen and oxygen atoms in total. The largest absolute Gasteiger partial charge is 0.361 e. The molecule has 144 valence electrons. The fraction of sp³-hybridized carbons (Fsp3) is 0.429. The molecule has 3 N–H and O–H groups in total. The first-order chi connectivity index (χ1) is 13.0. The first-order valence-corrected chi connectivity index (χ1v) is 9.58. The predicted molar refractivity (Wildman–Crippen MR) is 112 cm³/mol. The molecule has 0 radical (unpaired) electrons. The zero-order valence-electron chi connectivity index (χ0n) is 17.0. The number of fused-ring (bicyclic) bond motifs is 1. The van der Waals surface area contributed by atoms with Gasteiger partial charge in [0.05, 0.1) is 12.2 Å². The van der Waals surface area contributed by atoms with E-state index in [2.05, 4.69) is 65.9 Å². The summed E-state index contributed by atoms with van der Waals surface area (Å²) in [5.74, 6) is 0.844. The van der Waals surface area contributed by atoms with Crippen molar-refractivity contribution in [1.82, 2.24) is 25.4 Å². The number of aliphatic imine (C=N–C) groups is 1. The van der Waals surface area contributed by atoms with Crippen molar-refractivity contribution in [2.75, 3.05) is 13.1 Å². The summed E-state index contributed by atoms with van der Waals surface area (Å²) in [6, 6.07) is 6.38. The molecule has 0 saturated carbocycles. The van der Waals surface area contributed by atoms with Crippen LogP contribution in [0.2, 0.25) is 0 Å². The van der Waals surface area contributed by atoms with E-state index >= 15 is 0 Å². The Morgan fingerprint density at radius 1 is 1.22 bits per heavy atom. The molecule has 0 spiro atoms. The predicted octanol–water partition coefficient (Wildman–Crippen LogP) is 3.12. The molecule has 27 heavy (non-hydrogen) atoms. The molecule has 0 aliphatic carbocycles. The van der Waals surface area contributed by atoms with Crippen LogP contribution in [0.5, 0.6) is 0 Å². The van der Waals surface area contributed by atoms with Crippen LogP contribution < -0.4 is 10.6 Å². The summed E-state index contributed by atoms with van der Waals surface area (Å²) in [6.45, 7) is 10.7. The van der Waals surface area contributed by atoms with Crippen molar-refractivity contribution in [2.45, 2.75) is 40.7 Å². The maximum absolute atomic E-state index is 4.75. The molecule has 0 fully saturated rings. The Hall–Kier alpha value is -2.76. The number of rotatable bonds is 6. The summed E-state index contributed by atoms with van der Waals surface area (Å²) >= 11 is 0. The lowest BCUT2D eigenvalue weighted by Crippen LogP contribution is -2.38. The molecule has 0 saturated heterocycles. The van der Waals surface area contributed by atoms with E-state index in [1.54, 1.807) is 0 Å². The number of hydrogen-bond acceptors (Lipinski definition) is 2. The lowest BCUT2D eigenvalue weighted by Gasteiger charge is -2.11. The first-order valence-electron chi connectivity index (χ1n) is 9.58. The summed E-state index contributed by atoms with van der Waals surface area (Å²) in [7, 11) is 1.97. The number of aromatic nitrogens is 3. The Morgan fingerprint density at radius 3 is 2.74 bits per heavy atom. The smallest absolute Gasteiger partial charge is 0.191 e. The maximum Gasteiger partial charge on any atom is 0.191 e. The van der Waals surface area contributed by atoms with E-state index in [1.807, 2.05) is 18.7 Å². The zero-order valence-corrected chi connectivity index (χ0v) is 17.0. The molecule has 3 rings (SSSR count). The van der Waals surface area contributed by atoms with Crippen LogP contribution in [0.3, 0.4) is 0 Å². The van der Waals surface area contributed by atoms with E-state index in [9.17, 15) is 0 Å². The maximum atomic E-state index is 4.75. The number of nitrogens with zero attached hydrogens (tertiary/aromatic N) is 3. The Labute approximate surface area is 161 Å². The van der Waals surface area contributed by atoms with Crippen molar-refractivity contribution in [3.63, 3.8) is 0 Å². The van der Waals surface area contributed by atoms with Gasteiger partial charge in [-0.3, -0.25) is 4.68 Å². The Morgan fingerprint density at radius 2 is 2.04 bits per heavy atom. The van der Waals surface area contributed by atoms with Crippen LogP contribution in [0.1, 0.15) is 35.0 Å². The van der Waals surface area contributed by atoms with Crippen LogP contribution in [-0.2, 0) is 20.0 Å². The highest BCUT2D eigenvalue weighted by atomic mass is 15.3. The third kappa shape index (κ3) is 4.15. The van der Waals surface area contributed by atoms with Crippen LogP contribution in [0, 0.1) is 20.8 Å².